The van der Waals surface area contributed by atoms with Gasteiger partial charge >= 0.3 is 0 Å². The number of amides is 1. The Kier molecular flexibility index (Phi) is 5.17. The maximum Gasteiger partial charge on any atom is 0.223 e. The molecule has 1 aromatic heterocycles. The smallest absolute Gasteiger partial charge is 0.223 e. The van der Waals surface area contributed by atoms with E-state index in [1.807, 2.05) is 19.3 Å². The molecule has 2 heterocycles. The molecule has 5 nitrogen and oxygen atoms in total. The first-order valence-corrected chi connectivity index (χ1v) is 7.55. The lowest BCUT2D eigenvalue weighted by molar-refractivity contribution is -0.126. The van der Waals surface area contributed by atoms with Gasteiger partial charge in [0.25, 0.3) is 0 Å². The predicted molar refractivity (Wildman–Crippen MR) is 79.3 cm³/mol. The standard InChI is InChI=1S/C15H26N4O/c1-11(10-19-7-6-17-13(19)3)9-18-15(20)14-4-5-16-12(2)8-14/h6-7,11-12,14,16H,4-5,8-10H2,1-3H3,(H,18,20)/t11?,12-,14-/m0/s1. The molecular formula is C15H26N4O. The third-order valence-corrected chi connectivity index (χ3v) is 4.05. The van der Waals surface area contributed by atoms with E-state index < -0.39 is 0 Å². The van der Waals surface area contributed by atoms with E-state index in [1.54, 1.807) is 0 Å². The van der Waals surface area contributed by atoms with Crippen LogP contribution in [0.1, 0.15) is 32.5 Å². The number of hydrogen-bond donors (Lipinski definition) is 2. The minimum absolute atomic E-state index is 0.174. The van der Waals surface area contributed by atoms with Gasteiger partial charge in [-0.2, -0.15) is 0 Å². The molecule has 1 aliphatic rings. The van der Waals surface area contributed by atoms with Crippen molar-refractivity contribution in [1.29, 1.82) is 0 Å². The Hall–Kier alpha value is -1.36. The molecule has 1 unspecified atom stereocenters. The highest BCUT2D eigenvalue weighted by Crippen LogP contribution is 2.16. The molecule has 0 radical (unpaired) electrons. The fraction of sp³-hybridized carbons (Fsp3) is 0.733. The number of rotatable bonds is 5. The van der Waals surface area contributed by atoms with Gasteiger partial charge in [0.2, 0.25) is 5.91 Å². The van der Waals surface area contributed by atoms with Crippen LogP contribution in [0.4, 0.5) is 0 Å². The fourth-order valence-electron chi connectivity index (χ4n) is 2.79. The molecule has 1 fully saturated rings. The zero-order valence-electron chi connectivity index (χ0n) is 12.7. The second-order valence-electron chi connectivity index (χ2n) is 6.05. The number of carbonyl (C=O) groups excluding carboxylic acids is 1. The minimum Gasteiger partial charge on any atom is -0.356 e. The summed E-state index contributed by atoms with van der Waals surface area (Å²) in [6.45, 7) is 8.88. The van der Waals surface area contributed by atoms with Gasteiger partial charge in [0.1, 0.15) is 5.82 Å². The molecule has 1 aromatic rings. The molecule has 3 atom stereocenters. The van der Waals surface area contributed by atoms with Gasteiger partial charge in [-0.05, 0) is 39.2 Å². The number of nitrogens with zero attached hydrogens (tertiary/aromatic N) is 2. The molecule has 0 saturated carbocycles. The van der Waals surface area contributed by atoms with Crippen LogP contribution < -0.4 is 10.6 Å². The molecule has 20 heavy (non-hydrogen) atoms. The predicted octanol–water partition coefficient (Wildman–Crippen LogP) is 1.33. The Bertz CT molecular complexity index is 443. The van der Waals surface area contributed by atoms with E-state index in [1.165, 1.54) is 0 Å². The molecule has 0 aromatic carbocycles. The Morgan fingerprint density at radius 1 is 1.65 bits per heavy atom. The van der Waals surface area contributed by atoms with Gasteiger partial charge in [-0.15, -0.1) is 0 Å². The number of nitrogens with one attached hydrogen (secondary N) is 2. The summed E-state index contributed by atoms with van der Waals surface area (Å²) >= 11 is 0. The normalized spacial score (nSPS) is 24.4. The van der Waals surface area contributed by atoms with Crippen LogP contribution in [0, 0.1) is 18.8 Å². The lowest BCUT2D eigenvalue weighted by atomic mass is 9.92. The van der Waals surface area contributed by atoms with Crippen molar-refractivity contribution >= 4 is 5.91 Å². The average Bonchev–Trinajstić information content (AvgIpc) is 2.81. The summed E-state index contributed by atoms with van der Waals surface area (Å²) in [7, 11) is 0. The molecular weight excluding hydrogens is 252 g/mol. The van der Waals surface area contributed by atoms with Crippen LogP contribution in [0.25, 0.3) is 0 Å². The SMILES string of the molecule is Cc1nccn1CC(C)CNC(=O)[C@H]1CCN[C@@H](C)C1. The monoisotopic (exact) mass is 278 g/mol. The minimum atomic E-state index is 0.174. The topological polar surface area (TPSA) is 59.0 Å². The Morgan fingerprint density at radius 3 is 3.10 bits per heavy atom. The number of imidazole rings is 1. The number of hydrogen-bond acceptors (Lipinski definition) is 3. The van der Waals surface area contributed by atoms with E-state index in [2.05, 4.69) is 34.0 Å². The second kappa shape index (κ2) is 6.88. The van der Waals surface area contributed by atoms with E-state index in [-0.39, 0.29) is 11.8 Å². The lowest BCUT2D eigenvalue weighted by Crippen LogP contribution is -2.43. The van der Waals surface area contributed by atoms with Gasteiger partial charge in [-0.25, -0.2) is 4.98 Å². The van der Waals surface area contributed by atoms with E-state index >= 15 is 0 Å². The third-order valence-electron chi connectivity index (χ3n) is 4.05. The van der Waals surface area contributed by atoms with E-state index in [4.69, 9.17) is 0 Å². The van der Waals surface area contributed by atoms with Gasteiger partial charge in [-0.1, -0.05) is 6.92 Å². The Labute approximate surface area is 121 Å². The van der Waals surface area contributed by atoms with Crippen molar-refractivity contribution in [2.24, 2.45) is 11.8 Å². The molecule has 1 saturated heterocycles. The fourth-order valence-corrected chi connectivity index (χ4v) is 2.79. The van der Waals surface area contributed by atoms with Crippen molar-refractivity contribution in [2.75, 3.05) is 13.1 Å². The van der Waals surface area contributed by atoms with Gasteiger partial charge in [0, 0.05) is 37.4 Å². The summed E-state index contributed by atoms with van der Waals surface area (Å²) in [5, 5.41) is 6.48. The highest BCUT2D eigenvalue weighted by molar-refractivity contribution is 5.78. The zero-order valence-corrected chi connectivity index (χ0v) is 12.7. The molecule has 0 aliphatic carbocycles. The van der Waals surface area contributed by atoms with Gasteiger partial charge in [0.15, 0.2) is 0 Å². The second-order valence-corrected chi connectivity index (χ2v) is 6.05. The number of carbonyl (C=O) groups is 1. The van der Waals surface area contributed by atoms with Crippen LogP contribution in [-0.2, 0) is 11.3 Å². The van der Waals surface area contributed by atoms with Gasteiger partial charge in [0.05, 0.1) is 0 Å². The van der Waals surface area contributed by atoms with Crippen LogP contribution in [0.3, 0.4) is 0 Å². The maximum atomic E-state index is 12.2. The first-order valence-electron chi connectivity index (χ1n) is 7.55. The molecule has 2 N–H and O–H groups in total. The van der Waals surface area contributed by atoms with Gasteiger partial charge in [-0.3, -0.25) is 4.79 Å². The van der Waals surface area contributed by atoms with Crippen molar-refractivity contribution in [3.63, 3.8) is 0 Å². The van der Waals surface area contributed by atoms with Crippen LogP contribution in [0.15, 0.2) is 12.4 Å². The van der Waals surface area contributed by atoms with E-state index in [9.17, 15) is 4.79 Å². The number of piperidine rings is 1. The number of aromatic nitrogens is 2. The lowest BCUT2D eigenvalue weighted by Gasteiger charge is -2.27. The number of aryl methyl sites for hydroxylation is 1. The molecule has 0 spiro atoms. The summed E-state index contributed by atoms with van der Waals surface area (Å²) in [4.78, 5) is 16.4. The Balaban J connectivity index is 1.74. The van der Waals surface area contributed by atoms with Crippen LogP contribution in [0.5, 0.6) is 0 Å². The zero-order chi connectivity index (χ0) is 14.5. The molecule has 0 bridgehead atoms. The highest BCUT2D eigenvalue weighted by atomic mass is 16.1. The maximum absolute atomic E-state index is 12.2. The largest absolute Gasteiger partial charge is 0.356 e. The van der Waals surface area contributed by atoms with Gasteiger partial charge < -0.3 is 15.2 Å². The van der Waals surface area contributed by atoms with Crippen molar-refractivity contribution in [3.8, 4) is 0 Å². The summed E-state index contributed by atoms with van der Waals surface area (Å²) in [5.41, 5.74) is 0. The van der Waals surface area contributed by atoms with Crippen LogP contribution in [-0.4, -0.2) is 34.6 Å². The summed E-state index contributed by atoms with van der Waals surface area (Å²) in [6, 6.07) is 0.450. The van der Waals surface area contributed by atoms with Crippen molar-refractivity contribution in [1.82, 2.24) is 20.2 Å². The van der Waals surface area contributed by atoms with E-state index in [0.717, 1.165) is 38.3 Å². The highest BCUT2D eigenvalue weighted by Gasteiger charge is 2.24. The molecule has 112 valence electrons. The average molecular weight is 278 g/mol. The summed E-state index contributed by atoms with van der Waals surface area (Å²) < 4.78 is 2.13. The summed E-state index contributed by atoms with van der Waals surface area (Å²) in [5.74, 6) is 1.82. The van der Waals surface area contributed by atoms with Crippen LogP contribution in [0.2, 0.25) is 0 Å². The van der Waals surface area contributed by atoms with Crippen molar-refractivity contribution < 1.29 is 4.79 Å². The molecule has 1 aliphatic heterocycles. The summed E-state index contributed by atoms with van der Waals surface area (Å²) in [6.07, 6.45) is 5.70. The molecule has 5 heteroatoms. The Morgan fingerprint density at radius 2 is 2.45 bits per heavy atom. The van der Waals surface area contributed by atoms with Crippen molar-refractivity contribution in [2.45, 2.75) is 46.2 Å². The van der Waals surface area contributed by atoms with Crippen LogP contribution >= 0.6 is 0 Å². The van der Waals surface area contributed by atoms with E-state index in [0.29, 0.717) is 12.0 Å². The third kappa shape index (κ3) is 4.07. The molecule has 2 rings (SSSR count). The van der Waals surface area contributed by atoms with Crippen molar-refractivity contribution in [3.05, 3.63) is 18.2 Å². The first kappa shape index (κ1) is 15.0. The first-order chi connectivity index (χ1) is 9.56. The quantitative estimate of drug-likeness (QED) is 0.854. The molecule has 1 amide bonds.